The lowest BCUT2D eigenvalue weighted by Crippen LogP contribution is -2.41. The van der Waals surface area contributed by atoms with E-state index in [1.165, 1.54) is 38.4 Å². The molecule has 0 spiro atoms. The molecule has 2 amide bonds. The van der Waals surface area contributed by atoms with E-state index in [0.717, 1.165) is 20.7 Å². The van der Waals surface area contributed by atoms with E-state index in [0.29, 0.717) is 5.56 Å². The summed E-state index contributed by atoms with van der Waals surface area (Å²) in [4.78, 5) is 25.4. The number of nitrogens with one attached hydrogen (secondary N) is 1. The Kier molecular flexibility index (Phi) is 7.63. The van der Waals surface area contributed by atoms with E-state index in [2.05, 4.69) is 5.32 Å². The summed E-state index contributed by atoms with van der Waals surface area (Å²) in [5.41, 5.74) is 0.975. The molecule has 0 saturated carbocycles. The first-order chi connectivity index (χ1) is 13.7. The van der Waals surface area contributed by atoms with Gasteiger partial charge in [-0.25, -0.2) is 12.8 Å². The molecule has 0 heterocycles. The van der Waals surface area contributed by atoms with Crippen molar-refractivity contribution in [1.82, 2.24) is 9.21 Å². The number of halogens is 1. The van der Waals surface area contributed by atoms with Crippen molar-refractivity contribution in [2.45, 2.75) is 0 Å². The van der Waals surface area contributed by atoms with E-state index in [1.807, 2.05) is 6.07 Å². The summed E-state index contributed by atoms with van der Waals surface area (Å²) in [6, 6.07) is 14.2. The Morgan fingerprint density at radius 2 is 1.72 bits per heavy atom. The Morgan fingerprint density at radius 3 is 2.38 bits per heavy atom. The van der Waals surface area contributed by atoms with Crippen molar-refractivity contribution < 1.29 is 22.4 Å². The molecule has 0 unspecified atom stereocenters. The number of carbonyl (C=O) groups excluding carboxylic acids is 2. The molecule has 0 aromatic heterocycles. The zero-order valence-electron chi connectivity index (χ0n) is 16.1. The standard InChI is InChI=1S/C20H22FN3O4S/c1-23(14-19(25)22-18-10-6-9-17(21)13-18)20(26)15-24(2)29(27,28)12-11-16-7-4-3-5-8-16/h3-13H,14-15H2,1-2H3,(H,22,25)/b12-11+. The van der Waals surface area contributed by atoms with Gasteiger partial charge >= 0.3 is 0 Å². The van der Waals surface area contributed by atoms with Crippen LogP contribution in [0.1, 0.15) is 5.56 Å². The fraction of sp³-hybridized carbons (Fsp3) is 0.200. The molecule has 7 nitrogen and oxygen atoms in total. The lowest BCUT2D eigenvalue weighted by Gasteiger charge is -2.20. The third-order valence-corrected chi connectivity index (χ3v) is 5.42. The van der Waals surface area contributed by atoms with Gasteiger partial charge in [-0.05, 0) is 29.8 Å². The van der Waals surface area contributed by atoms with Gasteiger partial charge in [0.15, 0.2) is 0 Å². The Hall–Kier alpha value is -3.04. The second-order valence-electron chi connectivity index (χ2n) is 6.32. The summed E-state index contributed by atoms with van der Waals surface area (Å²) in [6.45, 7) is -0.728. The van der Waals surface area contributed by atoms with Crippen LogP contribution in [-0.2, 0) is 19.6 Å². The number of anilines is 1. The number of rotatable bonds is 8. The summed E-state index contributed by atoms with van der Waals surface area (Å²) in [7, 11) is -1.14. The summed E-state index contributed by atoms with van der Waals surface area (Å²) < 4.78 is 38.7. The van der Waals surface area contributed by atoms with E-state index in [4.69, 9.17) is 0 Å². The SMILES string of the molecule is CN(CC(=O)Nc1cccc(F)c1)C(=O)CN(C)S(=O)(=O)/C=C/c1ccccc1. The molecule has 1 N–H and O–H groups in total. The second kappa shape index (κ2) is 9.94. The van der Waals surface area contributed by atoms with Crippen LogP contribution in [0.2, 0.25) is 0 Å². The molecule has 0 atom stereocenters. The Morgan fingerprint density at radius 1 is 1.03 bits per heavy atom. The minimum Gasteiger partial charge on any atom is -0.335 e. The van der Waals surface area contributed by atoms with Gasteiger partial charge in [0.25, 0.3) is 0 Å². The first-order valence-electron chi connectivity index (χ1n) is 8.66. The number of benzene rings is 2. The van der Waals surface area contributed by atoms with Gasteiger partial charge in [0, 0.05) is 25.2 Å². The number of sulfonamides is 1. The third-order valence-electron chi connectivity index (χ3n) is 3.94. The highest BCUT2D eigenvalue weighted by Gasteiger charge is 2.21. The second-order valence-corrected chi connectivity index (χ2v) is 8.25. The maximum atomic E-state index is 13.2. The molecule has 2 aromatic carbocycles. The van der Waals surface area contributed by atoms with Crippen molar-refractivity contribution in [3.8, 4) is 0 Å². The molecular weight excluding hydrogens is 397 g/mol. The Balaban J connectivity index is 1.90. The van der Waals surface area contributed by atoms with Crippen molar-refractivity contribution in [3.05, 3.63) is 71.4 Å². The maximum absolute atomic E-state index is 13.2. The maximum Gasteiger partial charge on any atom is 0.243 e. The molecule has 0 radical (unpaired) electrons. The monoisotopic (exact) mass is 419 g/mol. The molecule has 0 saturated heterocycles. The first kappa shape index (κ1) is 22.3. The average Bonchev–Trinajstić information content (AvgIpc) is 2.67. The summed E-state index contributed by atoms with van der Waals surface area (Å²) in [5, 5.41) is 3.49. The number of hydrogen-bond acceptors (Lipinski definition) is 4. The van der Waals surface area contributed by atoms with Crippen LogP contribution in [0.25, 0.3) is 6.08 Å². The van der Waals surface area contributed by atoms with Gasteiger partial charge < -0.3 is 10.2 Å². The van der Waals surface area contributed by atoms with Gasteiger partial charge in [-0.15, -0.1) is 0 Å². The van der Waals surface area contributed by atoms with Crippen molar-refractivity contribution in [3.63, 3.8) is 0 Å². The number of carbonyl (C=O) groups is 2. The lowest BCUT2D eigenvalue weighted by atomic mass is 10.2. The highest BCUT2D eigenvalue weighted by Crippen LogP contribution is 2.09. The van der Waals surface area contributed by atoms with Gasteiger partial charge in [-0.3, -0.25) is 9.59 Å². The molecule has 0 bridgehead atoms. The quantitative estimate of drug-likeness (QED) is 0.710. The molecule has 2 aromatic rings. The predicted molar refractivity (Wildman–Crippen MR) is 110 cm³/mol. The van der Waals surface area contributed by atoms with E-state index in [1.54, 1.807) is 24.3 Å². The van der Waals surface area contributed by atoms with Crippen molar-refractivity contribution >= 4 is 33.6 Å². The fourth-order valence-electron chi connectivity index (χ4n) is 2.30. The van der Waals surface area contributed by atoms with E-state index < -0.39 is 34.2 Å². The van der Waals surface area contributed by atoms with Crippen LogP contribution in [-0.4, -0.2) is 56.6 Å². The first-order valence-corrected chi connectivity index (χ1v) is 10.2. The molecule has 29 heavy (non-hydrogen) atoms. The number of amides is 2. The molecule has 154 valence electrons. The van der Waals surface area contributed by atoms with Gasteiger partial charge in [-0.1, -0.05) is 36.4 Å². The van der Waals surface area contributed by atoms with Crippen LogP contribution < -0.4 is 5.32 Å². The molecule has 0 aliphatic rings. The van der Waals surface area contributed by atoms with Crippen molar-refractivity contribution in [2.75, 3.05) is 32.5 Å². The molecule has 2 rings (SSSR count). The Bertz CT molecular complexity index is 994. The molecule has 9 heteroatoms. The predicted octanol–water partition coefficient (Wildman–Crippen LogP) is 2.16. The van der Waals surface area contributed by atoms with Gasteiger partial charge in [0.1, 0.15) is 5.82 Å². The van der Waals surface area contributed by atoms with E-state index in [9.17, 15) is 22.4 Å². The highest BCUT2D eigenvalue weighted by molar-refractivity contribution is 7.92. The van der Waals surface area contributed by atoms with Crippen molar-refractivity contribution in [1.29, 1.82) is 0 Å². The normalized spacial score (nSPS) is 11.6. The molecule has 0 aliphatic carbocycles. The number of hydrogen-bond donors (Lipinski definition) is 1. The van der Waals surface area contributed by atoms with Crippen molar-refractivity contribution in [2.24, 2.45) is 0 Å². The lowest BCUT2D eigenvalue weighted by molar-refractivity contribution is -0.133. The fourth-order valence-corrected chi connectivity index (χ4v) is 3.13. The smallest absolute Gasteiger partial charge is 0.243 e. The third kappa shape index (κ3) is 7.13. The minimum atomic E-state index is -3.81. The molecule has 0 fully saturated rings. The Labute approximate surface area is 169 Å². The number of likely N-dealkylation sites (N-methyl/N-ethyl adjacent to an activating group) is 2. The largest absolute Gasteiger partial charge is 0.335 e. The van der Waals surface area contributed by atoms with Crippen LogP contribution in [0.15, 0.2) is 60.0 Å². The van der Waals surface area contributed by atoms with Crippen LogP contribution in [0, 0.1) is 5.82 Å². The van der Waals surface area contributed by atoms with E-state index in [-0.39, 0.29) is 12.2 Å². The summed E-state index contributed by atoms with van der Waals surface area (Å²) in [6.07, 6.45) is 1.44. The molecular formula is C20H22FN3O4S. The number of nitrogens with zero attached hydrogens (tertiary/aromatic N) is 2. The summed E-state index contributed by atoms with van der Waals surface area (Å²) >= 11 is 0. The van der Waals surface area contributed by atoms with E-state index >= 15 is 0 Å². The summed E-state index contributed by atoms with van der Waals surface area (Å²) in [5.74, 6) is -1.58. The van der Waals surface area contributed by atoms with Crippen LogP contribution in [0.5, 0.6) is 0 Å². The topological polar surface area (TPSA) is 86.8 Å². The van der Waals surface area contributed by atoms with Crippen LogP contribution >= 0.6 is 0 Å². The minimum absolute atomic E-state index is 0.265. The van der Waals surface area contributed by atoms with Gasteiger partial charge in [-0.2, -0.15) is 4.31 Å². The van der Waals surface area contributed by atoms with Gasteiger partial charge in [0.2, 0.25) is 21.8 Å². The van der Waals surface area contributed by atoms with Crippen LogP contribution in [0.3, 0.4) is 0 Å². The zero-order chi connectivity index (χ0) is 21.4. The average molecular weight is 419 g/mol. The van der Waals surface area contributed by atoms with Crippen LogP contribution in [0.4, 0.5) is 10.1 Å². The zero-order valence-corrected chi connectivity index (χ0v) is 16.9. The highest BCUT2D eigenvalue weighted by atomic mass is 32.2. The molecule has 0 aliphatic heterocycles. The van der Waals surface area contributed by atoms with Gasteiger partial charge in [0.05, 0.1) is 13.1 Å².